The van der Waals surface area contributed by atoms with Gasteiger partial charge in [-0.05, 0) is 62.6 Å². The molecule has 0 heterocycles. The summed E-state index contributed by atoms with van der Waals surface area (Å²) in [5, 5.41) is 32.5. The molecule has 2 fully saturated rings. The van der Waals surface area contributed by atoms with Crippen LogP contribution in [-0.2, 0) is 9.84 Å². The summed E-state index contributed by atoms with van der Waals surface area (Å²) < 4.78 is 67.2. The number of hydrogen-bond donors (Lipinski definition) is 4. The van der Waals surface area contributed by atoms with Gasteiger partial charge in [0.25, 0.3) is 5.91 Å². The van der Waals surface area contributed by atoms with Gasteiger partial charge in [-0.2, -0.15) is 0 Å². The zero-order valence-corrected chi connectivity index (χ0v) is 20.7. The highest BCUT2D eigenvalue weighted by Crippen LogP contribution is 2.54. The van der Waals surface area contributed by atoms with Gasteiger partial charge in [-0.25, -0.2) is 21.6 Å². The molecule has 12 heteroatoms. The first-order valence-corrected chi connectivity index (χ1v) is 13.3. The third-order valence-electron chi connectivity index (χ3n) is 7.38. The number of amides is 1. The summed E-state index contributed by atoms with van der Waals surface area (Å²) in [6, 6.07) is 4.67. The number of aliphatic hydroxyl groups excluding tert-OH is 2. The maximum atomic E-state index is 13.6. The van der Waals surface area contributed by atoms with E-state index >= 15 is 0 Å². The fourth-order valence-corrected chi connectivity index (χ4v) is 7.94. The van der Waals surface area contributed by atoms with E-state index in [4.69, 9.17) is 11.6 Å². The molecule has 36 heavy (non-hydrogen) atoms. The van der Waals surface area contributed by atoms with Crippen molar-refractivity contribution in [3.63, 3.8) is 0 Å². The van der Waals surface area contributed by atoms with Gasteiger partial charge in [0.15, 0.2) is 27.3 Å². The molecule has 1 amide bonds. The molecule has 2 aromatic carbocycles. The van der Waals surface area contributed by atoms with Gasteiger partial charge in [0.2, 0.25) is 0 Å². The lowest BCUT2D eigenvalue weighted by Gasteiger charge is -2.46. The highest BCUT2D eigenvalue weighted by atomic mass is 35.5. The van der Waals surface area contributed by atoms with Crippen molar-refractivity contribution in [3.05, 3.63) is 58.4 Å². The predicted molar refractivity (Wildman–Crippen MR) is 125 cm³/mol. The normalized spacial score (nSPS) is 27.5. The minimum atomic E-state index is -4.10. The van der Waals surface area contributed by atoms with Crippen LogP contribution in [0.25, 0.3) is 0 Å². The predicted octanol–water partition coefficient (Wildman–Crippen LogP) is 3.44. The first-order chi connectivity index (χ1) is 16.8. The Bertz CT molecular complexity index is 1270. The zero-order chi connectivity index (χ0) is 26.6. The van der Waals surface area contributed by atoms with Crippen LogP contribution < -0.4 is 5.32 Å². The van der Waals surface area contributed by atoms with Crippen molar-refractivity contribution >= 4 is 33.0 Å². The monoisotopic (exact) mass is 547 g/mol. The second-order valence-electron chi connectivity index (χ2n) is 9.54. The van der Waals surface area contributed by atoms with Gasteiger partial charge in [-0.15, -0.1) is 0 Å². The smallest absolute Gasteiger partial charge is 0.255 e. The summed E-state index contributed by atoms with van der Waals surface area (Å²) >= 11 is 6.19. The maximum absolute atomic E-state index is 13.6. The number of carbonyl (C=O) groups is 1. The molecule has 0 aliphatic heterocycles. The van der Waals surface area contributed by atoms with Crippen molar-refractivity contribution < 1.29 is 41.7 Å². The molecular weight excluding hydrogens is 523 g/mol. The van der Waals surface area contributed by atoms with Crippen molar-refractivity contribution in [1.82, 2.24) is 0 Å². The number of sulfone groups is 1. The van der Waals surface area contributed by atoms with Gasteiger partial charge in [0.1, 0.15) is 6.10 Å². The second kappa shape index (κ2) is 9.60. The van der Waals surface area contributed by atoms with E-state index in [0.717, 1.165) is 6.07 Å². The average Bonchev–Trinajstić information content (AvgIpc) is 2.98. The van der Waals surface area contributed by atoms with Crippen LogP contribution in [-0.4, -0.2) is 52.7 Å². The number of benzene rings is 2. The summed E-state index contributed by atoms with van der Waals surface area (Å²) in [5.74, 6) is -6.72. The van der Waals surface area contributed by atoms with Crippen molar-refractivity contribution in [2.75, 3.05) is 5.32 Å². The second-order valence-corrected chi connectivity index (χ2v) is 12.1. The Morgan fingerprint density at radius 1 is 1.08 bits per heavy atom. The molecule has 0 saturated heterocycles. The zero-order valence-electron chi connectivity index (χ0n) is 19.1. The molecule has 0 aromatic heterocycles. The molecule has 196 valence electrons. The van der Waals surface area contributed by atoms with Gasteiger partial charge >= 0.3 is 0 Å². The average molecular weight is 548 g/mol. The molecule has 7 nitrogen and oxygen atoms in total. The molecule has 2 unspecified atom stereocenters. The van der Waals surface area contributed by atoms with E-state index < -0.39 is 68.1 Å². The molecule has 4 N–H and O–H groups in total. The lowest BCUT2D eigenvalue weighted by atomic mass is 9.70. The molecule has 0 spiro atoms. The molecule has 2 aliphatic rings. The minimum Gasteiger partial charge on any atom is -0.391 e. The molecule has 4 rings (SSSR count). The topological polar surface area (TPSA) is 124 Å². The van der Waals surface area contributed by atoms with Crippen molar-refractivity contribution in [1.29, 1.82) is 0 Å². The van der Waals surface area contributed by atoms with Gasteiger partial charge in [0.05, 0.1) is 26.9 Å². The van der Waals surface area contributed by atoms with E-state index in [9.17, 15) is 41.7 Å². The van der Waals surface area contributed by atoms with E-state index in [1.54, 1.807) is 0 Å². The quantitative estimate of drug-likeness (QED) is 0.411. The Kier molecular flexibility index (Phi) is 7.17. The van der Waals surface area contributed by atoms with E-state index in [-0.39, 0.29) is 34.0 Å². The number of carbonyl (C=O) groups excluding carboxylic acids is 1. The number of fused-ring (bicyclic) bond motifs is 2. The summed E-state index contributed by atoms with van der Waals surface area (Å²) in [4.78, 5) is 12.3. The first-order valence-electron chi connectivity index (χ1n) is 11.3. The lowest BCUT2D eigenvalue weighted by Crippen LogP contribution is -2.58. The summed E-state index contributed by atoms with van der Waals surface area (Å²) in [5.41, 5.74) is -2.13. The van der Waals surface area contributed by atoms with Gasteiger partial charge in [-0.1, -0.05) is 11.6 Å². The van der Waals surface area contributed by atoms with Crippen LogP contribution in [0.1, 0.15) is 43.0 Å². The number of rotatable bonds is 6. The van der Waals surface area contributed by atoms with Crippen LogP contribution in [0.3, 0.4) is 0 Å². The fraction of sp³-hybridized carbons (Fsp3) is 0.458. The number of hydrogen-bond acceptors (Lipinski definition) is 6. The van der Waals surface area contributed by atoms with E-state index in [2.05, 4.69) is 5.32 Å². The molecular formula is C24H25ClF3NO6S. The third-order valence-corrected chi connectivity index (χ3v) is 10.0. The standard InChI is InChI=1S/C24H25ClF3NO6S/c1-11(30)22(31)24(33)13-3-4-14(24)8-16(7-13)36(34,35)20-6-12(2-5-17(20)25)23(32)29-15-9-18(26)21(28)19(27)10-15/h2,5-6,9-11,13-14,16,22,30-31,33H,3-4,7-8H2,1H3,(H,29,32)/t11-,13-,14+,16?,22-,24?/m1/s1. The molecule has 0 radical (unpaired) electrons. The first kappa shape index (κ1) is 26.9. The van der Waals surface area contributed by atoms with Crippen LogP contribution in [0.15, 0.2) is 35.2 Å². The molecule has 2 bridgehead atoms. The van der Waals surface area contributed by atoms with Crippen LogP contribution >= 0.6 is 11.6 Å². The number of halogens is 4. The number of anilines is 1. The SMILES string of the molecule is C[C@@H](O)[C@@H](O)C1(O)[C@@H]2CC[C@H]1CC(S(=O)(=O)c1cc(C(=O)Nc3cc(F)c(F)c(F)c3)ccc1Cl)C2. The van der Waals surface area contributed by atoms with E-state index in [1.807, 2.05) is 0 Å². The number of nitrogens with one attached hydrogen (secondary N) is 1. The summed E-state index contributed by atoms with van der Waals surface area (Å²) in [6.07, 6.45) is -1.59. The largest absolute Gasteiger partial charge is 0.391 e. The Labute approximate surface area is 210 Å². The van der Waals surface area contributed by atoms with Crippen LogP contribution in [0.2, 0.25) is 5.02 Å². The van der Waals surface area contributed by atoms with Gasteiger partial charge < -0.3 is 20.6 Å². The lowest BCUT2D eigenvalue weighted by molar-refractivity contribution is -0.172. The highest BCUT2D eigenvalue weighted by Gasteiger charge is 2.59. The Morgan fingerprint density at radius 2 is 1.64 bits per heavy atom. The van der Waals surface area contributed by atoms with Crippen LogP contribution in [0, 0.1) is 29.3 Å². The van der Waals surface area contributed by atoms with Gasteiger partial charge in [0, 0.05) is 23.4 Å². The summed E-state index contributed by atoms with van der Waals surface area (Å²) in [6.45, 7) is 1.36. The van der Waals surface area contributed by atoms with Gasteiger partial charge in [-0.3, -0.25) is 4.79 Å². The maximum Gasteiger partial charge on any atom is 0.255 e. The van der Waals surface area contributed by atoms with Crippen molar-refractivity contribution in [3.8, 4) is 0 Å². The fourth-order valence-electron chi connectivity index (χ4n) is 5.54. The summed E-state index contributed by atoms with van der Waals surface area (Å²) in [7, 11) is -4.10. The molecule has 6 atom stereocenters. The molecule has 2 aliphatic carbocycles. The highest BCUT2D eigenvalue weighted by molar-refractivity contribution is 7.92. The Hall–Kier alpha value is -2.18. The number of aliphatic hydroxyl groups is 3. The Balaban J connectivity index is 1.59. The Morgan fingerprint density at radius 3 is 2.17 bits per heavy atom. The van der Waals surface area contributed by atoms with Crippen molar-refractivity contribution in [2.24, 2.45) is 11.8 Å². The van der Waals surface area contributed by atoms with E-state index in [1.165, 1.54) is 19.1 Å². The van der Waals surface area contributed by atoms with Crippen LogP contribution in [0.4, 0.5) is 18.9 Å². The van der Waals surface area contributed by atoms with Crippen LogP contribution in [0.5, 0.6) is 0 Å². The minimum absolute atomic E-state index is 0.0278. The van der Waals surface area contributed by atoms with Crippen molar-refractivity contribution in [2.45, 2.75) is 60.6 Å². The van der Waals surface area contributed by atoms with E-state index in [0.29, 0.717) is 25.0 Å². The molecule has 2 saturated carbocycles. The molecule has 2 aromatic rings. The third kappa shape index (κ3) is 4.51.